The number of likely N-dealkylation sites (N-methyl/N-ethyl adjacent to an activating group) is 1. The van der Waals surface area contributed by atoms with E-state index in [1.807, 2.05) is 18.2 Å². The van der Waals surface area contributed by atoms with E-state index in [0.29, 0.717) is 5.15 Å². The first-order chi connectivity index (χ1) is 14.2. The van der Waals surface area contributed by atoms with Gasteiger partial charge >= 0.3 is 0 Å². The summed E-state index contributed by atoms with van der Waals surface area (Å²) in [5.41, 5.74) is 5.56. The molecule has 29 heavy (non-hydrogen) atoms. The Bertz CT molecular complexity index is 1030. The summed E-state index contributed by atoms with van der Waals surface area (Å²) in [5, 5.41) is 0.465. The van der Waals surface area contributed by atoms with Crippen LogP contribution in [0.25, 0.3) is 11.4 Å². The number of pyridine rings is 1. The van der Waals surface area contributed by atoms with Gasteiger partial charge < -0.3 is 14.7 Å². The van der Waals surface area contributed by atoms with E-state index in [9.17, 15) is 0 Å². The van der Waals surface area contributed by atoms with Crippen LogP contribution >= 0.6 is 11.6 Å². The minimum atomic E-state index is 0.465. The fourth-order valence-corrected chi connectivity index (χ4v) is 4.14. The molecule has 3 aromatic rings. The van der Waals surface area contributed by atoms with Crippen molar-refractivity contribution < 1.29 is 0 Å². The van der Waals surface area contributed by atoms with Gasteiger partial charge in [-0.3, -0.25) is 0 Å². The lowest BCUT2D eigenvalue weighted by atomic mass is 10.1. The zero-order valence-electron chi connectivity index (χ0n) is 16.4. The summed E-state index contributed by atoms with van der Waals surface area (Å²) in [6.45, 7) is 6.03. The van der Waals surface area contributed by atoms with Gasteiger partial charge in [-0.05, 0) is 48.5 Å². The summed E-state index contributed by atoms with van der Waals surface area (Å²) in [6.07, 6.45) is 1.79. The van der Waals surface area contributed by atoms with Crippen molar-refractivity contribution in [3.63, 3.8) is 0 Å². The van der Waals surface area contributed by atoms with Crippen LogP contribution in [-0.4, -0.2) is 53.1 Å². The first-order valence-corrected chi connectivity index (χ1v) is 10.3. The summed E-state index contributed by atoms with van der Waals surface area (Å²) < 4.78 is 0. The van der Waals surface area contributed by atoms with E-state index in [-0.39, 0.29) is 0 Å². The van der Waals surface area contributed by atoms with Crippen LogP contribution in [0, 0.1) is 0 Å². The quantitative estimate of drug-likeness (QED) is 0.621. The van der Waals surface area contributed by atoms with Crippen molar-refractivity contribution in [3.05, 3.63) is 64.9 Å². The van der Waals surface area contributed by atoms with Crippen LogP contribution in [0.2, 0.25) is 5.15 Å². The maximum Gasteiger partial charge on any atom is 0.226 e. The number of benzene rings is 1. The molecule has 2 aromatic heterocycles. The van der Waals surface area contributed by atoms with Crippen LogP contribution in [0.1, 0.15) is 11.1 Å². The van der Waals surface area contributed by atoms with Gasteiger partial charge in [-0.25, -0.2) is 15.0 Å². The Labute approximate surface area is 175 Å². The molecule has 6 nitrogen and oxygen atoms in total. The average Bonchev–Trinajstić information content (AvgIpc) is 3.18. The predicted molar refractivity (Wildman–Crippen MR) is 116 cm³/mol. The van der Waals surface area contributed by atoms with Crippen LogP contribution in [-0.2, 0) is 13.1 Å². The lowest BCUT2D eigenvalue weighted by molar-refractivity contribution is 0.313. The molecule has 0 spiro atoms. The van der Waals surface area contributed by atoms with Gasteiger partial charge in [0.05, 0.1) is 11.4 Å². The second kappa shape index (κ2) is 7.61. The Morgan fingerprint density at radius 2 is 1.62 bits per heavy atom. The fourth-order valence-electron chi connectivity index (χ4n) is 3.98. The Hall–Kier alpha value is -2.70. The average molecular weight is 407 g/mol. The van der Waals surface area contributed by atoms with Gasteiger partial charge in [0.25, 0.3) is 0 Å². The fraction of sp³-hybridized carbons (Fsp3) is 0.318. The number of aromatic nitrogens is 3. The monoisotopic (exact) mass is 406 g/mol. The normalized spacial score (nSPS) is 16.9. The van der Waals surface area contributed by atoms with E-state index in [1.165, 1.54) is 16.8 Å². The van der Waals surface area contributed by atoms with Crippen molar-refractivity contribution in [2.45, 2.75) is 13.1 Å². The molecule has 0 amide bonds. The largest absolute Gasteiger partial charge is 0.369 e. The van der Waals surface area contributed by atoms with Gasteiger partial charge in [0.2, 0.25) is 5.95 Å². The van der Waals surface area contributed by atoms with Crippen molar-refractivity contribution in [2.75, 3.05) is 43.0 Å². The van der Waals surface area contributed by atoms with Crippen molar-refractivity contribution in [2.24, 2.45) is 0 Å². The number of piperazine rings is 1. The van der Waals surface area contributed by atoms with E-state index in [0.717, 1.165) is 56.6 Å². The van der Waals surface area contributed by atoms with Crippen LogP contribution in [0.4, 0.5) is 11.6 Å². The summed E-state index contributed by atoms with van der Waals surface area (Å²) in [4.78, 5) is 20.7. The molecule has 0 radical (unpaired) electrons. The van der Waals surface area contributed by atoms with Crippen LogP contribution in [0.3, 0.4) is 0 Å². The molecule has 148 valence electrons. The molecule has 1 fully saturated rings. The number of halogens is 1. The molecule has 7 heteroatoms. The lowest BCUT2D eigenvalue weighted by Gasteiger charge is -2.34. The molecule has 5 rings (SSSR count). The molecule has 1 aromatic carbocycles. The van der Waals surface area contributed by atoms with Crippen molar-refractivity contribution in [1.82, 2.24) is 19.9 Å². The highest BCUT2D eigenvalue weighted by Gasteiger charge is 2.23. The SMILES string of the molecule is CN1CCN(c2ccc3c(c2)CN(c2nccc(-c4cccc(Cl)n4)n2)C3)CC1. The summed E-state index contributed by atoms with van der Waals surface area (Å²) in [7, 11) is 2.19. The summed E-state index contributed by atoms with van der Waals surface area (Å²) >= 11 is 6.04. The second-order valence-corrected chi connectivity index (χ2v) is 8.07. The third kappa shape index (κ3) is 3.78. The van der Waals surface area contributed by atoms with Crippen molar-refractivity contribution in [1.29, 1.82) is 0 Å². The molecule has 1 saturated heterocycles. The molecule has 0 unspecified atom stereocenters. The maximum absolute atomic E-state index is 6.04. The van der Waals surface area contributed by atoms with E-state index >= 15 is 0 Å². The Balaban J connectivity index is 1.36. The Morgan fingerprint density at radius 1 is 0.828 bits per heavy atom. The number of hydrogen-bond acceptors (Lipinski definition) is 6. The molecule has 4 heterocycles. The van der Waals surface area contributed by atoms with Crippen LogP contribution < -0.4 is 9.80 Å². The van der Waals surface area contributed by atoms with Gasteiger partial charge in [-0.15, -0.1) is 0 Å². The number of hydrogen-bond donors (Lipinski definition) is 0. The third-order valence-corrected chi connectivity index (χ3v) is 5.89. The van der Waals surface area contributed by atoms with Gasteiger partial charge in [0, 0.05) is 51.2 Å². The summed E-state index contributed by atoms with van der Waals surface area (Å²) in [5.74, 6) is 0.724. The van der Waals surface area contributed by atoms with Gasteiger partial charge in [0.1, 0.15) is 5.15 Å². The van der Waals surface area contributed by atoms with Gasteiger partial charge in [-0.1, -0.05) is 23.7 Å². The second-order valence-electron chi connectivity index (χ2n) is 7.69. The molecule has 0 aliphatic carbocycles. The molecule has 0 N–H and O–H groups in total. The van der Waals surface area contributed by atoms with Gasteiger partial charge in [0.15, 0.2) is 0 Å². The smallest absolute Gasteiger partial charge is 0.226 e. The molecule has 0 atom stereocenters. The summed E-state index contributed by atoms with van der Waals surface area (Å²) in [6, 6.07) is 14.3. The highest BCUT2D eigenvalue weighted by molar-refractivity contribution is 6.29. The van der Waals surface area contributed by atoms with Crippen molar-refractivity contribution in [3.8, 4) is 11.4 Å². The van der Waals surface area contributed by atoms with Gasteiger partial charge in [-0.2, -0.15) is 0 Å². The molecule has 2 aliphatic rings. The van der Waals surface area contributed by atoms with E-state index in [1.54, 1.807) is 12.3 Å². The number of nitrogens with zero attached hydrogens (tertiary/aromatic N) is 6. The highest BCUT2D eigenvalue weighted by atomic mass is 35.5. The number of anilines is 2. The molecule has 2 aliphatic heterocycles. The highest BCUT2D eigenvalue weighted by Crippen LogP contribution is 2.30. The molecular weight excluding hydrogens is 384 g/mol. The van der Waals surface area contributed by atoms with Crippen molar-refractivity contribution >= 4 is 23.2 Å². The topological polar surface area (TPSA) is 48.4 Å². The minimum absolute atomic E-state index is 0.465. The van der Waals surface area contributed by atoms with E-state index in [2.05, 4.69) is 49.9 Å². The van der Waals surface area contributed by atoms with Crippen LogP contribution in [0.15, 0.2) is 48.7 Å². The number of rotatable bonds is 3. The first kappa shape index (κ1) is 18.3. The van der Waals surface area contributed by atoms with Crippen LogP contribution in [0.5, 0.6) is 0 Å². The maximum atomic E-state index is 6.04. The standard InChI is InChI=1S/C22H23ClN6/c1-27-9-11-28(12-10-27)18-6-5-16-14-29(15-17(16)13-18)22-24-8-7-20(26-22)19-3-2-4-21(23)25-19/h2-8,13H,9-12,14-15H2,1H3. The molecular formula is C22H23ClN6. The minimum Gasteiger partial charge on any atom is -0.369 e. The Kier molecular flexibility index (Phi) is 4.81. The number of fused-ring (bicyclic) bond motifs is 1. The zero-order valence-corrected chi connectivity index (χ0v) is 17.2. The first-order valence-electron chi connectivity index (χ1n) is 9.92. The zero-order chi connectivity index (χ0) is 19.8. The predicted octanol–water partition coefficient (Wildman–Crippen LogP) is 3.46. The third-order valence-electron chi connectivity index (χ3n) is 5.68. The molecule has 0 bridgehead atoms. The lowest BCUT2D eigenvalue weighted by Crippen LogP contribution is -2.44. The Morgan fingerprint density at radius 3 is 2.45 bits per heavy atom. The van der Waals surface area contributed by atoms with E-state index in [4.69, 9.17) is 16.6 Å². The van der Waals surface area contributed by atoms with E-state index < -0.39 is 0 Å². The molecule has 0 saturated carbocycles.